The van der Waals surface area contributed by atoms with Crippen LogP contribution in [0.5, 0.6) is 5.75 Å². The summed E-state index contributed by atoms with van der Waals surface area (Å²) in [5.41, 5.74) is -0.537. The Morgan fingerprint density at radius 2 is 2.09 bits per heavy atom. The van der Waals surface area contributed by atoms with Gasteiger partial charge in [0, 0.05) is 25.0 Å². The van der Waals surface area contributed by atoms with Gasteiger partial charge < -0.3 is 20.3 Å². The molecule has 0 unspecified atom stereocenters. The van der Waals surface area contributed by atoms with Crippen LogP contribution >= 0.6 is 12.4 Å². The predicted molar refractivity (Wildman–Crippen MR) is 89.4 cm³/mol. The number of nitrogens with one attached hydrogen (secondary N) is 2. The van der Waals surface area contributed by atoms with E-state index in [0.717, 1.165) is 32.0 Å². The predicted octanol–water partition coefficient (Wildman–Crippen LogP) is 1.20. The first-order valence-corrected chi connectivity index (χ1v) is 7.80. The molecule has 0 aromatic carbocycles. The highest BCUT2D eigenvalue weighted by Gasteiger charge is 2.46. The van der Waals surface area contributed by atoms with E-state index in [1.807, 2.05) is 0 Å². The van der Waals surface area contributed by atoms with Crippen LogP contribution in [-0.4, -0.2) is 47.7 Å². The molecule has 0 atom stereocenters. The third-order valence-electron chi connectivity index (χ3n) is 4.83. The number of carbonyl (C=O) groups excluding carboxylic acids is 1. The van der Waals surface area contributed by atoms with Crippen LogP contribution in [0, 0.1) is 5.41 Å². The second-order valence-electron chi connectivity index (χ2n) is 7.08. The largest absolute Gasteiger partial charge is 0.470 e. The number of hydrogen-bond donors (Lipinski definition) is 2. The number of piperidine rings is 1. The molecule has 2 saturated heterocycles. The van der Waals surface area contributed by atoms with Crippen molar-refractivity contribution in [3.8, 4) is 5.75 Å². The summed E-state index contributed by atoms with van der Waals surface area (Å²) in [6.45, 7) is 7.64. The van der Waals surface area contributed by atoms with Crippen molar-refractivity contribution in [2.75, 3.05) is 36.4 Å². The van der Waals surface area contributed by atoms with Crippen molar-refractivity contribution >= 4 is 29.9 Å². The van der Waals surface area contributed by atoms with Gasteiger partial charge in [0.25, 0.3) is 5.91 Å². The molecular formula is C15H22ClN5O2. The first-order chi connectivity index (χ1) is 10.5. The van der Waals surface area contributed by atoms with E-state index in [2.05, 4.69) is 25.5 Å². The summed E-state index contributed by atoms with van der Waals surface area (Å²) in [4.78, 5) is 22.7. The minimum absolute atomic E-state index is 0. The number of halogens is 1. The summed E-state index contributed by atoms with van der Waals surface area (Å²) in [6, 6.07) is 0. The molecule has 8 heteroatoms. The van der Waals surface area contributed by atoms with Crippen LogP contribution in [0.3, 0.4) is 0 Å². The molecule has 23 heavy (non-hydrogen) atoms. The van der Waals surface area contributed by atoms with Gasteiger partial charge in [-0.1, -0.05) is 0 Å². The maximum absolute atomic E-state index is 12.0. The zero-order chi connectivity index (χ0) is 15.4. The molecule has 1 aromatic rings. The zero-order valence-electron chi connectivity index (χ0n) is 13.4. The first kappa shape index (κ1) is 16.3. The Kier molecular flexibility index (Phi) is 3.88. The second-order valence-corrected chi connectivity index (χ2v) is 7.08. The number of carbonyl (C=O) groups is 1. The zero-order valence-corrected chi connectivity index (χ0v) is 14.2. The number of amides is 1. The van der Waals surface area contributed by atoms with E-state index in [9.17, 15) is 4.79 Å². The highest BCUT2D eigenvalue weighted by atomic mass is 35.5. The molecule has 126 valence electrons. The van der Waals surface area contributed by atoms with E-state index in [1.54, 1.807) is 13.8 Å². The topological polar surface area (TPSA) is 79.4 Å². The van der Waals surface area contributed by atoms with E-state index < -0.39 is 5.60 Å². The lowest BCUT2D eigenvalue weighted by molar-refractivity contribution is -0.129. The number of aromatic nitrogens is 2. The van der Waals surface area contributed by atoms with Crippen molar-refractivity contribution in [1.82, 2.24) is 15.3 Å². The maximum Gasteiger partial charge on any atom is 0.269 e. The van der Waals surface area contributed by atoms with Crippen molar-refractivity contribution < 1.29 is 9.53 Å². The van der Waals surface area contributed by atoms with Gasteiger partial charge in [0.05, 0.1) is 0 Å². The van der Waals surface area contributed by atoms with E-state index in [0.29, 0.717) is 17.0 Å². The Bertz CT molecular complexity index is 622. The lowest BCUT2D eigenvalue weighted by Crippen LogP contribution is -2.63. The Morgan fingerprint density at radius 3 is 2.78 bits per heavy atom. The van der Waals surface area contributed by atoms with Crippen LogP contribution in [0.1, 0.15) is 26.7 Å². The molecule has 1 spiro atoms. The molecule has 7 nitrogen and oxygen atoms in total. The minimum Gasteiger partial charge on any atom is -0.470 e. The van der Waals surface area contributed by atoms with Gasteiger partial charge in [-0.2, -0.15) is 0 Å². The minimum atomic E-state index is -0.901. The van der Waals surface area contributed by atoms with Crippen molar-refractivity contribution in [2.45, 2.75) is 32.3 Å². The molecule has 4 rings (SSSR count). The summed E-state index contributed by atoms with van der Waals surface area (Å²) in [7, 11) is 0. The van der Waals surface area contributed by atoms with Crippen molar-refractivity contribution in [2.24, 2.45) is 5.41 Å². The normalized spacial score (nSPS) is 23.9. The fourth-order valence-electron chi connectivity index (χ4n) is 3.55. The Hall–Kier alpha value is -1.60. The van der Waals surface area contributed by atoms with Crippen LogP contribution in [0.15, 0.2) is 6.33 Å². The molecule has 3 aliphatic rings. The monoisotopic (exact) mass is 339 g/mol. The van der Waals surface area contributed by atoms with Crippen LogP contribution in [-0.2, 0) is 4.79 Å². The van der Waals surface area contributed by atoms with Gasteiger partial charge in [0.15, 0.2) is 17.2 Å². The lowest BCUT2D eigenvalue weighted by atomic mass is 9.74. The number of anilines is 2. The molecule has 4 heterocycles. The number of fused-ring (bicyclic) bond motifs is 1. The Morgan fingerprint density at radius 1 is 1.30 bits per heavy atom. The Labute approximate surface area is 141 Å². The maximum atomic E-state index is 12.0. The molecule has 0 aliphatic carbocycles. The van der Waals surface area contributed by atoms with Crippen LogP contribution < -0.4 is 20.3 Å². The van der Waals surface area contributed by atoms with E-state index in [4.69, 9.17) is 4.74 Å². The molecule has 2 fully saturated rings. The first-order valence-electron chi connectivity index (χ1n) is 7.80. The molecule has 3 aliphatic heterocycles. The van der Waals surface area contributed by atoms with Gasteiger partial charge in [-0.05, 0) is 33.2 Å². The van der Waals surface area contributed by atoms with Crippen LogP contribution in [0.2, 0.25) is 0 Å². The van der Waals surface area contributed by atoms with Crippen LogP contribution in [0.25, 0.3) is 0 Å². The third-order valence-corrected chi connectivity index (χ3v) is 4.83. The van der Waals surface area contributed by atoms with Crippen LogP contribution in [0.4, 0.5) is 11.6 Å². The van der Waals surface area contributed by atoms with E-state index >= 15 is 0 Å². The summed E-state index contributed by atoms with van der Waals surface area (Å²) >= 11 is 0. The molecule has 0 saturated carbocycles. The summed E-state index contributed by atoms with van der Waals surface area (Å²) in [5.74, 6) is 1.67. The van der Waals surface area contributed by atoms with E-state index in [-0.39, 0.29) is 18.3 Å². The molecular weight excluding hydrogens is 318 g/mol. The highest BCUT2D eigenvalue weighted by molar-refractivity contribution is 6.00. The molecule has 0 radical (unpaired) electrons. The summed E-state index contributed by atoms with van der Waals surface area (Å²) in [5, 5.41) is 6.29. The summed E-state index contributed by atoms with van der Waals surface area (Å²) < 4.78 is 5.90. The second kappa shape index (κ2) is 5.49. The van der Waals surface area contributed by atoms with Gasteiger partial charge in [0.1, 0.15) is 6.33 Å². The quantitative estimate of drug-likeness (QED) is 0.800. The molecule has 0 bridgehead atoms. The smallest absolute Gasteiger partial charge is 0.269 e. The molecule has 2 N–H and O–H groups in total. The third kappa shape index (κ3) is 2.61. The van der Waals surface area contributed by atoms with Gasteiger partial charge >= 0.3 is 0 Å². The average molecular weight is 340 g/mol. The summed E-state index contributed by atoms with van der Waals surface area (Å²) in [6.07, 6.45) is 3.97. The average Bonchev–Trinajstić information content (AvgIpc) is 2.46. The Balaban J connectivity index is 0.00000156. The number of rotatable bonds is 1. The van der Waals surface area contributed by atoms with Crippen molar-refractivity contribution in [3.63, 3.8) is 0 Å². The fourth-order valence-corrected chi connectivity index (χ4v) is 3.55. The molecule has 1 amide bonds. The highest BCUT2D eigenvalue weighted by Crippen LogP contribution is 2.45. The number of hydrogen-bond acceptors (Lipinski definition) is 6. The van der Waals surface area contributed by atoms with Gasteiger partial charge in [-0.15, -0.1) is 12.4 Å². The number of ether oxygens (including phenoxy) is 1. The van der Waals surface area contributed by atoms with Crippen molar-refractivity contribution in [3.05, 3.63) is 6.33 Å². The fraction of sp³-hybridized carbons (Fsp3) is 0.667. The van der Waals surface area contributed by atoms with Gasteiger partial charge in [0.2, 0.25) is 5.75 Å². The molecule has 1 aromatic heterocycles. The van der Waals surface area contributed by atoms with Gasteiger partial charge in [-0.3, -0.25) is 4.79 Å². The standard InChI is InChI=1S/C15H21N5O2.ClH/c1-14(2)13(21)19-11-10(22-14)12(18-9-17-11)20-7-15(8-20)4-3-5-16-6-15;/h9,16H,3-8H2,1-2H3,(H,17,18,19,21);1H. The van der Waals surface area contributed by atoms with Gasteiger partial charge in [-0.25, -0.2) is 9.97 Å². The number of nitrogens with zero attached hydrogens (tertiary/aromatic N) is 3. The lowest BCUT2D eigenvalue weighted by Gasteiger charge is -2.53. The van der Waals surface area contributed by atoms with E-state index in [1.165, 1.54) is 19.2 Å². The SMILES string of the molecule is CC1(C)Oc2c(ncnc2N2CC3(CCCNC3)C2)NC1=O.Cl. The van der Waals surface area contributed by atoms with Crippen molar-refractivity contribution in [1.29, 1.82) is 0 Å².